The second kappa shape index (κ2) is 7.47. The molecule has 0 spiro atoms. The molecule has 0 saturated carbocycles. The van der Waals surface area contributed by atoms with Gasteiger partial charge in [-0.05, 0) is 62.1 Å². The highest BCUT2D eigenvalue weighted by Gasteiger charge is 2.19. The van der Waals surface area contributed by atoms with Gasteiger partial charge < -0.3 is 10.2 Å². The van der Waals surface area contributed by atoms with Gasteiger partial charge in [0.25, 0.3) is 5.91 Å². The first-order chi connectivity index (χ1) is 11.6. The minimum absolute atomic E-state index is 0.0920. The van der Waals surface area contributed by atoms with Crippen LogP contribution in [0.25, 0.3) is 0 Å². The van der Waals surface area contributed by atoms with Gasteiger partial charge in [-0.15, -0.1) is 0 Å². The van der Waals surface area contributed by atoms with E-state index in [0.717, 1.165) is 37.4 Å². The summed E-state index contributed by atoms with van der Waals surface area (Å²) in [5.74, 6) is 0.714. The van der Waals surface area contributed by atoms with Gasteiger partial charge in [-0.3, -0.25) is 4.79 Å². The lowest BCUT2D eigenvalue weighted by atomic mass is 10.1. The Labute approximate surface area is 143 Å². The minimum Gasteiger partial charge on any atom is -0.356 e. The van der Waals surface area contributed by atoms with Gasteiger partial charge in [-0.25, -0.2) is 4.98 Å². The Balaban J connectivity index is 1.82. The van der Waals surface area contributed by atoms with Crippen LogP contribution in [0.3, 0.4) is 0 Å². The number of amides is 1. The van der Waals surface area contributed by atoms with Crippen LogP contribution in [-0.4, -0.2) is 24.0 Å². The van der Waals surface area contributed by atoms with E-state index in [1.165, 1.54) is 24.0 Å². The summed E-state index contributed by atoms with van der Waals surface area (Å²) in [6, 6.07) is 9.68. The fourth-order valence-corrected chi connectivity index (χ4v) is 3.13. The SMILES string of the molecule is Cc1ccc(NC(=O)c2cccnc2N2CCCCCC2)cc1C. The van der Waals surface area contributed by atoms with Gasteiger partial charge in [0.1, 0.15) is 5.82 Å². The zero-order valence-corrected chi connectivity index (χ0v) is 14.5. The third-order valence-corrected chi connectivity index (χ3v) is 4.70. The molecule has 4 nitrogen and oxygen atoms in total. The number of hydrogen-bond acceptors (Lipinski definition) is 3. The maximum Gasteiger partial charge on any atom is 0.259 e. The first-order valence-corrected chi connectivity index (χ1v) is 8.74. The molecule has 126 valence electrons. The number of rotatable bonds is 3. The Morgan fingerprint density at radius 1 is 1.04 bits per heavy atom. The van der Waals surface area contributed by atoms with Gasteiger partial charge in [0, 0.05) is 25.0 Å². The maximum absolute atomic E-state index is 12.8. The fourth-order valence-electron chi connectivity index (χ4n) is 3.13. The molecule has 2 heterocycles. The van der Waals surface area contributed by atoms with Crippen LogP contribution in [0.4, 0.5) is 11.5 Å². The van der Waals surface area contributed by atoms with Crippen LogP contribution < -0.4 is 10.2 Å². The Bertz CT molecular complexity index is 719. The van der Waals surface area contributed by atoms with Crippen LogP contribution in [0.1, 0.15) is 47.2 Å². The van der Waals surface area contributed by atoms with E-state index in [1.807, 2.05) is 30.3 Å². The zero-order chi connectivity index (χ0) is 16.9. The Hall–Kier alpha value is -2.36. The minimum atomic E-state index is -0.0920. The molecule has 1 aliphatic heterocycles. The molecule has 3 rings (SSSR count). The van der Waals surface area contributed by atoms with E-state index >= 15 is 0 Å². The summed E-state index contributed by atoms with van der Waals surface area (Å²) in [5.41, 5.74) is 3.87. The van der Waals surface area contributed by atoms with Crippen molar-refractivity contribution >= 4 is 17.4 Å². The van der Waals surface area contributed by atoms with Crippen LogP contribution >= 0.6 is 0 Å². The highest BCUT2D eigenvalue weighted by Crippen LogP contribution is 2.23. The van der Waals surface area contributed by atoms with Gasteiger partial charge in [0.05, 0.1) is 5.56 Å². The molecule has 1 saturated heterocycles. The molecule has 0 atom stereocenters. The largest absolute Gasteiger partial charge is 0.356 e. The molecule has 24 heavy (non-hydrogen) atoms. The van der Waals surface area contributed by atoms with Crippen LogP contribution in [0.15, 0.2) is 36.5 Å². The maximum atomic E-state index is 12.8. The van der Waals surface area contributed by atoms with Crippen molar-refractivity contribution in [2.45, 2.75) is 39.5 Å². The lowest BCUT2D eigenvalue weighted by molar-refractivity contribution is 0.102. The molecular formula is C20H25N3O. The predicted molar refractivity (Wildman–Crippen MR) is 98.8 cm³/mol. The number of pyridine rings is 1. The summed E-state index contributed by atoms with van der Waals surface area (Å²) in [5, 5.41) is 3.02. The number of nitrogens with zero attached hydrogens (tertiary/aromatic N) is 2. The molecule has 0 radical (unpaired) electrons. The van der Waals surface area contributed by atoms with Gasteiger partial charge >= 0.3 is 0 Å². The number of anilines is 2. The van der Waals surface area contributed by atoms with E-state index in [2.05, 4.69) is 29.0 Å². The normalized spacial score (nSPS) is 15.0. The summed E-state index contributed by atoms with van der Waals surface area (Å²) in [4.78, 5) is 19.5. The lowest BCUT2D eigenvalue weighted by Gasteiger charge is -2.23. The number of aromatic nitrogens is 1. The van der Waals surface area contributed by atoms with Gasteiger partial charge in [0.15, 0.2) is 0 Å². The first-order valence-electron chi connectivity index (χ1n) is 8.74. The average molecular weight is 323 g/mol. The standard InChI is InChI=1S/C20H25N3O/c1-15-9-10-17(14-16(15)2)22-20(24)18-8-7-11-21-19(18)23-12-5-3-4-6-13-23/h7-11,14H,3-6,12-13H2,1-2H3,(H,22,24). The number of nitrogens with one attached hydrogen (secondary N) is 1. The van der Waals surface area contributed by atoms with Gasteiger partial charge in [0.2, 0.25) is 0 Å². The van der Waals surface area contributed by atoms with Crippen LogP contribution in [0, 0.1) is 13.8 Å². The third kappa shape index (κ3) is 3.75. The highest BCUT2D eigenvalue weighted by molar-refractivity contribution is 6.07. The smallest absolute Gasteiger partial charge is 0.259 e. The fraction of sp³-hybridized carbons (Fsp3) is 0.400. The molecule has 1 amide bonds. The number of carbonyl (C=O) groups excluding carboxylic acids is 1. The first kappa shape index (κ1) is 16.5. The second-order valence-electron chi connectivity index (χ2n) is 6.53. The van der Waals surface area contributed by atoms with Crippen LogP contribution in [-0.2, 0) is 0 Å². The Morgan fingerprint density at radius 3 is 2.50 bits per heavy atom. The molecule has 0 bridgehead atoms. The van der Waals surface area contributed by atoms with Crippen molar-refractivity contribution in [1.82, 2.24) is 4.98 Å². The van der Waals surface area contributed by atoms with Crippen molar-refractivity contribution in [2.75, 3.05) is 23.3 Å². The highest BCUT2D eigenvalue weighted by atomic mass is 16.1. The summed E-state index contributed by atoms with van der Waals surface area (Å²) >= 11 is 0. The number of carbonyl (C=O) groups is 1. The number of hydrogen-bond donors (Lipinski definition) is 1. The average Bonchev–Trinajstić information content (AvgIpc) is 2.87. The van der Waals surface area contributed by atoms with Crippen LogP contribution in [0.5, 0.6) is 0 Å². The van der Waals surface area contributed by atoms with E-state index in [9.17, 15) is 4.79 Å². The van der Waals surface area contributed by atoms with Crippen molar-refractivity contribution in [2.24, 2.45) is 0 Å². The van der Waals surface area contributed by atoms with Crippen molar-refractivity contribution < 1.29 is 4.79 Å². The number of aryl methyl sites for hydroxylation is 2. The molecule has 4 heteroatoms. The van der Waals surface area contributed by atoms with Crippen molar-refractivity contribution in [1.29, 1.82) is 0 Å². The zero-order valence-electron chi connectivity index (χ0n) is 14.5. The van der Waals surface area contributed by atoms with Gasteiger partial charge in [-0.1, -0.05) is 18.9 Å². The Kier molecular flexibility index (Phi) is 5.14. The summed E-state index contributed by atoms with van der Waals surface area (Å²) in [6.07, 6.45) is 6.61. The van der Waals surface area contributed by atoms with Crippen molar-refractivity contribution in [3.63, 3.8) is 0 Å². The molecule has 0 aliphatic carbocycles. The van der Waals surface area contributed by atoms with Crippen molar-refractivity contribution in [3.05, 3.63) is 53.2 Å². The monoisotopic (exact) mass is 323 g/mol. The van der Waals surface area contributed by atoms with E-state index in [4.69, 9.17) is 0 Å². The molecule has 2 aromatic rings. The lowest BCUT2D eigenvalue weighted by Crippen LogP contribution is -2.28. The molecule has 1 N–H and O–H groups in total. The molecule has 1 fully saturated rings. The third-order valence-electron chi connectivity index (χ3n) is 4.70. The molecule has 1 aromatic heterocycles. The summed E-state index contributed by atoms with van der Waals surface area (Å²) in [7, 11) is 0. The molecule has 0 unspecified atom stereocenters. The predicted octanol–water partition coefficient (Wildman–Crippen LogP) is 4.33. The Morgan fingerprint density at radius 2 is 1.79 bits per heavy atom. The van der Waals surface area contributed by atoms with E-state index < -0.39 is 0 Å². The van der Waals surface area contributed by atoms with Gasteiger partial charge in [-0.2, -0.15) is 0 Å². The molecular weight excluding hydrogens is 298 g/mol. The number of benzene rings is 1. The van der Waals surface area contributed by atoms with Crippen molar-refractivity contribution in [3.8, 4) is 0 Å². The molecule has 1 aliphatic rings. The van der Waals surface area contributed by atoms with E-state index in [1.54, 1.807) is 6.20 Å². The topological polar surface area (TPSA) is 45.2 Å². The molecule has 1 aromatic carbocycles. The summed E-state index contributed by atoms with van der Waals surface area (Å²) in [6.45, 7) is 6.07. The quantitative estimate of drug-likeness (QED) is 0.914. The second-order valence-corrected chi connectivity index (χ2v) is 6.53. The summed E-state index contributed by atoms with van der Waals surface area (Å²) < 4.78 is 0. The van der Waals surface area contributed by atoms with Crippen LogP contribution in [0.2, 0.25) is 0 Å². The van der Waals surface area contributed by atoms with E-state index in [-0.39, 0.29) is 5.91 Å². The van der Waals surface area contributed by atoms with E-state index in [0.29, 0.717) is 5.56 Å².